The number of primary amides is 4. The fourth-order valence-corrected chi connectivity index (χ4v) is 11.9. The summed E-state index contributed by atoms with van der Waals surface area (Å²) in [6, 6.07) is 20.8. The second-order valence-electron chi connectivity index (χ2n) is 17.5. The Morgan fingerprint density at radius 2 is 0.984 bits per heavy atom. The minimum atomic E-state index is -2.24. The number of benzene rings is 3. The predicted molar refractivity (Wildman–Crippen MR) is 228 cm³/mol. The molecule has 2 aliphatic heterocycles. The number of halogens is 1. The minimum absolute atomic E-state index is 0.211. The lowest BCUT2D eigenvalue weighted by Gasteiger charge is -2.53. The van der Waals surface area contributed by atoms with E-state index in [1.165, 1.54) is 0 Å². The maximum atomic E-state index is 14.7. The van der Waals surface area contributed by atoms with Crippen LogP contribution < -0.4 is 22.9 Å². The maximum absolute atomic E-state index is 14.7. The number of ether oxygens (including phenoxy) is 2. The third-order valence-corrected chi connectivity index (χ3v) is 14.7. The van der Waals surface area contributed by atoms with Gasteiger partial charge in [-0.25, -0.2) is 19.2 Å². The smallest absolute Gasteiger partial charge is 0.375 e. The molecular formula is C46H50ClN7O8. The lowest BCUT2D eigenvalue weighted by atomic mass is 9.59. The van der Waals surface area contributed by atoms with E-state index in [1.807, 2.05) is 79.1 Å². The molecule has 10 rings (SSSR count). The van der Waals surface area contributed by atoms with Gasteiger partial charge in [0.25, 0.3) is 11.8 Å². The lowest BCUT2D eigenvalue weighted by molar-refractivity contribution is -0.167. The largest absolute Gasteiger partial charge is 0.412 e. The molecule has 4 amide bonds. The molecule has 62 heavy (non-hydrogen) atoms. The van der Waals surface area contributed by atoms with Crippen LogP contribution in [0.4, 0.5) is 9.59 Å². The molecular weight excluding hydrogens is 814 g/mol. The molecule has 15 nitrogen and oxygen atoms in total. The standard InChI is InChI=1S/C46H50ClN7O8/c1-25-26(2)36(34-8-6-22-53(34)46(38(49)56,40(58)62-42(51)60)44(4)24-28-11-15-30(44)16-12-28)54(32-19-17-31(47)18-20-32)35(25)33-7-5-21-52(33)45(37(48)55,39(57)61-41(50)59)43(3)23-27-9-13-29(43)14-10-27/h9-20,33-34H,5-8,21-24H2,1-4H3,(H2,48,55)(H2,49,56)(H2,50,59)(H2,51,60)/t33?,34?,43?,44?,45-,46-/m0/s1. The molecule has 4 aromatic rings. The normalized spacial score (nSPS) is 24.9. The first-order chi connectivity index (χ1) is 29.3. The van der Waals surface area contributed by atoms with Crippen molar-refractivity contribution in [3.05, 3.63) is 123 Å². The fourth-order valence-electron chi connectivity index (χ4n) is 11.8. The maximum Gasteiger partial charge on any atom is 0.412 e. The number of rotatable bonds is 11. The highest BCUT2D eigenvalue weighted by Gasteiger charge is 2.69. The molecule has 324 valence electrons. The van der Waals surface area contributed by atoms with Crippen LogP contribution in [0.3, 0.4) is 0 Å². The van der Waals surface area contributed by atoms with Crippen LogP contribution in [0.15, 0.2) is 72.8 Å². The molecule has 0 spiro atoms. The number of hydrogen-bond donors (Lipinski definition) is 4. The zero-order valence-electron chi connectivity index (χ0n) is 35.0. The highest BCUT2D eigenvalue weighted by molar-refractivity contribution is 6.30. The summed E-state index contributed by atoms with van der Waals surface area (Å²) in [4.78, 5) is 86.6. The van der Waals surface area contributed by atoms with Gasteiger partial charge in [-0.05, 0) is 110 Å². The van der Waals surface area contributed by atoms with Crippen LogP contribution in [0.2, 0.25) is 5.02 Å². The molecule has 2 saturated heterocycles. The van der Waals surface area contributed by atoms with Crippen molar-refractivity contribution in [2.75, 3.05) is 13.1 Å². The Labute approximate surface area is 363 Å². The van der Waals surface area contributed by atoms with Crippen molar-refractivity contribution in [2.45, 2.75) is 100 Å². The number of aromatic nitrogens is 1. The number of amides is 4. The second kappa shape index (κ2) is 15.1. The SMILES string of the molecule is Cc1c(C)c(C2CCCN2[C@@](C(N)=O)(C(=O)OC(N)=O)C2(C)Cc3ccc2cc3)n(-c2ccc(Cl)cc2)c1C1CCCN1[C@@](C(N)=O)(C(=O)OC(N)=O)C1(C)Cc2ccc1cc2. The molecule has 6 aliphatic rings. The van der Waals surface area contributed by atoms with Gasteiger partial charge in [0.05, 0.1) is 12.1 Å². The number of nitrogens with zero attached hydrogens (tertiary/aromatic N) is 3. The van der Waals surface area contributed by atoms with Gasteiger partial charge in [-0.15, -0.1) is 0 Å². The van der Waals surface area contributed by atoms with Crippen LogP contribution >= 0.6 is 11.6 Å². The number of carbonyl (C=O) groups excluding carboxylic acids is 6. The molecule has 0 saturated carbocycles. The van der Waals surface area contributed by atoms with Gasteiger partial charge in [0.1, 0.15) is 0 Å². The van der Waals surface area contributed by atoms with Crippen LogP contribution in [0.1, 0.15) is 96.4 Å². The Kier molecular flexibility index (Phi) is 10.4. The molecule has 16 heteroatoms. The molecule has 4 aliphatic carbocycles. The summed E-state index contributed by atoms with van der Waals surface area (Å²) in [6.07, 6.45) is -0.332. The van der Waals surface area contributed by atoms with E-state index in [0.717, 1.165) is 22.3 Å². The van der Waals surface area contributed by atoms with E-state index in [-0.39, 0.29) is 25.9 Å². The fraction of sp³-hybridized carbons (Fsp3) is 0.391. The quantitative estimate of drug-likeness (QED) is 0.119. The van der Waals surface area contributed by atoms with Crippen LogP contribution in [0.5, 0.6) is 0 Å². The van der Waals surface area contributed by atoms with Crippen molar-refractivity contribution in [2.24, 2.45) is 22.9 Å². The average molecular weight is 864 g/mol. The van der Waals surface area contributed by atoms with E-state index in [2.05, 4.69) is 0 Å². The predicted octanol–water partition coefficient (Wildman–Crippen LogP) is 4.74. The highest BCUT2D eigenvalue weighted by Crippen LogP contribution is 2.55. The van der Waals surface area contributed by atoms with Gasteiger partial charge in [0, 0.05) is 46.0 Å². The molecule has 1 aromatic heterocycles. The molecule has 2 fully saturated rings. The van der Waals surface area contributed by atoms with Crippen LogP contribution in [-0.4, -0.2) is 74.5 Å². The van der Waals surface area contributed by atoms with Gasteiger partial charge in [0.15, 0.2) is 0 Å². The van der Waals surface area contributed by atoms with Crippen LogP contribution in [0.25, 0.3) is 5.69 Å². The first-order valence-corrected chi connectivity index (χ1v) is 21.1. The molecule has 6 atom stereocenters. The van der Waals surface area contributed by atoms with Gasteiger partial charge < -0.3 is 37.0 Å². The van der Waals surface area contributed by atoms with E-state index < -0.39 is 69.9 Å². The van der Waals surface area contributed by atoms with E-state index in [0.29, 0.717) is 58.9 Å². The number of hydrogen-bond acceptors (Lipinski definition) is 10. The van der Waals surface area contributed by atoms with E-state index in [4.69, 9.17) is 44.0 Å². The average Bonchev–Trinajstić information content (AvgIpc) is 3.94. The Morgan fingerprint density at radius 3 is 1.29 bits per heavy atom. The third-order valence-electron chi connectivity index (χ3n) is 14.5. The van der Waals surface area contributed by atoms with E-state index in [9.17, 15) is 28.8 Å². The Morgan fingerprint density at radius 1 is 0.613 bits per heavy atom. The number of nitrogens with two attached hydrogens (primary N) is 4. The minimum Gasteiger partial charge on any atom is -0.375 e. The van der Waals surface area contributed by atoms with Crippen LogP contribution in [0, 0.1) is 13.8 Å². The second-order valence-corrected chi connectivity index (χ2v) is 17.9. The summed E-state index contributed by atoms with van der Waals surface area (Å²) in [5.74, 6) is -4.37. The summed E-state index contributed by atoms with van der Waals surface area (Å²) >= 11 is 6.49. The third kappa shape index (κ3) is 5.92. The molecule has 3 heterocycles. The number of likely N-dealkylation sites (tertiary alicyclic amines) is 2. The number of fused-ring (bicyclic) bond motifs is 6. The van der Waals surface area contributed by atoms with E-state index in [1.54, 1.807) is 35.8 Å². The van der Waals surface area contributed by atoms with Gasteiger partial charge >= 0.3 is 24.1 Å². The van der Waals surface area contributed by atoms with Crippen molar-refractivity contribution in [1.29, 1.82) is 0 Å². The van der Waals surface area contributed by atoms with Gasteiger partial charge in [-0.1, -0.05) is 74.0 Å². The first kappa shape index (κ1) is 42.7. The Balaban J connectivity index is 1.38. The van der Waals surface area contributed by atoms with Crippen molar-refractivity contribution in [3.63, 3.8) is 0 Å². The zero-order valence-corrected chi connectivity index (χ0v) is 35.8. The number of esters is 2. The molecule has 4 unspecified atom stereocenters. The molecule has 0 radical (unpaired) electrons. The van der Waals surface area contributed by atoms with Gasteiger partial charge in [-0.2, -0.15) is 0 Å². The summed E-state index contributed by atoms with van der Waals surface area (Å²) in [6.45, 7) is 7.87. The van der Waals surface area contributed by atoms with Crippen molar-refractivity contribution < 1.29 is 38.2 Å². The van der Waals surface area contributed by atoms with Gasteiger partial charge in [0.2, 0.25) is 11.1 Å². The highest BCUT2D eigenvalue weighted by atomic mass is 35.5. The topological polar surface area (TPSA) is 236 Å². The number of carbonyl (C=O) groups is 6. The molecule has 4 bridgehead atoms. The summed E-state index contributed by atoms with van der Waals surface area (Å²) in [5.41, 5.74) is 23.5. The summed E-state index contributed by atoms with van der Waals surface area (Å²) in [5, 5.41) is 0.471. The van der Waals surface area contributed by atoms with E-state index >= 15 is 0 Å². The zero-order chi connectivity index (χ0) is 44.7. The Bertz CT molecular complexity index is 2390. The van der Waals surface area contributed by atoms with Crippen LogP contribution in [-0.2, 0) is 52.3 Å². The van der Waals surface area contributed by atoms with Gasteiger partial charge in [-0.3, -0.25) is 19.4 Å². The van der Waals surface area contributed by atoms with Crippen molar-refractivity contribution >= 4 is 47.5 Å². The summed E-state index contributed by atoms with van der Waals surface area (Å²) in [7, 11) is 0. The molecule has 8 N–H and O–H groups in total. The Hall–Kier alpha value is -6.03. The van der Waals surface area contributed by atoms with Crippen molar-refractivity contribution in [3.8, 4) is 5.69 Å². The monoisotopic (exact) mass is 863 g/mol. The first-order valence-electron chi connectivity index (χ1n) is 20.7. The summed E-state index contributed by atoms with van der Waals surface area (Å²) < 4.78 is 12.4. The van der Waals surface area contributed by atoms with Crippen molar-refractivity contribution in [1.82, 2.24) is 14.4 Å². The lowest BCUT2D eigenvalue weighted by Crippen LogP contribution is -2.74. The molecule has 3 aromatic carbocycles.